The highest BCUT2D eigenvalue weighted by atomic mass is 35.5. The van der Waals surface area contributed by atoms with Crippen LogP contribution in [0.1, 0.15) is 40.6 Å². The van der Waals surface area contributed by atoms with Gasteiger partial charge in [-0.25, -0.2) is 17.6 Å². The minimum Gasteiger partial charge on any atom is -0.506 e. The zero-order chi connectivity index (χ0) is 21.3. The Morgan fingerprint density at radius 3 is 2.55 bits per heavy atom. The number of carbonyl (C=O) groups is 1. The Bertz CT molecular complexity index is 1050. The first-order valence-electron chi connectivity index (χ1n) is 7.88. The summed E-state index contributed by atoms with van der Waals surface area (Å²) in [6.07, 6.45) is -6.28. The molecule has 1 amide bonds. The molecule has 2 aromatic heterocycles. The first-order valence-corrected chi connectivity index (χ1v) is 8.64. The van der Waals surface area contributed by atoms with E-state index in [2.05, 4.69) is 10.4 Å². The van der Waals surface area contributed by atoms with Crippen LogP contribution >= 0.6 is 23.2 Å². The molecule has 0 bridgehead atoms. The van der Waals surface area contributed by atoms with Gasteiger partial charge in [-0.3, -0.25) is 9.48 Å². The molecule has 12 heteroatoms. The van der Waals surface area contributed by atoms with Gasteiger partial charge in [0.05, 0.1) is 17.3 Å². The van der Waals surface area contributed by atoms with Gasteiger partial charge in [0, 0.05) is 5.02 Å². The van der Waals surface area contributed by atoms with Gasteiger partial charge in [0.15, 0.2) is 5.76 Å². The minimum absolute atomic E-state index is 0.00708. The van der Waals surface area contributed by atoms with Crippen molar-refractivity contribution >= 4 is 34.8 Å². The topological polar surface area (TPSA) is 80.3 Å². The van der Waals surface area contributed by atoms with Gasteiger partial charge in [0.25, 0.3) is 18.8 Å². The second-order valence-electron chi connectivity index (χ2n) is 5.73. The molecule has 0 radical (unpaired) electrons. The summed E-state index contributed by atoms with van der Waals surface area (Å²) < 4.78 is 58.0. The van der Waals surface area contributed by atoms with Gasteiger partial charge in [-0.05, 0) is 30.3 Å². The molecule has 0 aliphatic heterocycles. The number of aromatic hydroxyl groups is 1. The van der Waals surface area contributed by atoms with Crippen molar-refractivity contribution in [2.75, 3.05) is 5.32 Å². The highest BCUT2D eigenvalue weighted by molar-refractivity contribution is 6.32. The number of halogens is 6. The molecule has 0 aliphatic rings. The monoisotopic (exact) mass is 451 g/mol. The van der Waals surface area contributed by atoms with E-state index in [0.717, 1.165) is 0 Å². The van der Waals surface area contributed by atoms with Crippen molar-refractivity contribution in [1.82, 2.24) is 9.78 Å². The first kappa shape index (κ1) is 21.0. The van der Waals surface area contributed by atoms with Crippen LogP contribution in [-0.2, 0) is 6.54 Å². The molecule has 0 atom stereocenters. The van der Waals surface area contributed by atoms with Crippen LogP contribution in [0.4, 0.5) is 23.2 Å². The highest BCUT2D eigenvalue weighted by Gasteiger charge is 2.28. The van der Waals surface area contributed by atoms with Crippen LogP contribution in [0.2, 0.25) is 10.0 Å². The van der Waals surface area contributed by atoms with E-state index in [4.69, 9.17) is 27.6 Å². The summed E-state index contributed by atoms with van der Waals surface area (Å²) in [5, 5.41) is 15.0. The van der Waals surface area contributed by atoms with Crippen LogP contribution < -0.4 is 5.32 Å². The van der Waals surface area contributed by atoms with E-state index < -0.39 is 41.7 Å². The molecule has 3 aromatic rings. The van der Waals surface area contributed by atoms with E-state index in [0.29, 0.717) is 4.68 Å². The number of aromatic nitrogens is 2. The molecule has 29 heavy (non-hydrogen) atoms. The SMILES string of the molecule is O=C(Nc1cc(Cl)ccc1O)c1ccc(Cn2nc(C(F)F)c(Cl)c2C(F)F)o1. The number of alkyl halides is 4. The lowest BCUT2D eigenvalue weighted by atomic mass is 10.3. The second kappa shape index (κ2) is 8.34. The van der Waals surface area contributed by atoms with Gasteiger partial charge in [0.2, 0.25) is 0 Å². The van der Waals surface area contributed by atoms with Gasteiger partial charge in [0.1, 0.15) is 22.9 Å². The number of nitrogens with zero attached hydrogens (tertiary/aromatic N) is 2. The van der Waals surface area contributed by atoms with E-state index in [1.165, 1.54) is 30.3 Å². The zero-order valence-corrected chi connectivity index (χ0v) is 15.7. The fraction of sp³-hybridized carbons (Fsp3) is 0.176. The Balaban J connectivity index is 1.81. The molecule has 3 rings (SSSR count). The second-order valence-corrected chi connectivity index (χ2v) is 6.54. The van der Waals surface area contributed by atoms with E-state index in [1.807, 2.05) is 0 Å². The van der Waals surface area contributed by atoms with Gasteiger partial charge in [-0.2, -0.15) is 5.10 Å². The average molecular weight is 452 g/mol. The lowest BCUT2D eigenvalue weighted by Crippen LogP contribution is -2.11. The lowest BCUT2D eigenvalue weighted by molar-refractivity contribution is 0.0993. The Hall–Kier alpha value is -2.72. The zero-order valence-electron chi connectivity index (χ0n) is 14.2. The Labute approximate surface area is 170 Å². The number of furan rings is 1. The molecule has 6 nitrogen and oxygen atoms in total. The quantitative estimate of drug-likeness (QED) is 0.374. The smallest absolute Gasteiger partial charge is 0.291 e. The molecule has 0 saturated heterocycles. The largest absolute Gasteiger partial charge is 0.506 e. The van der Waals surface area contributed by atoms with E-state index in [1.54, 1.807) is 0 Å². The summed E-state index contributed by atoms with van der Waals surface area (Å²) >= 11 is 11.4. The van der Waals surface area contributed by atoms with Crippen molar-refractivity contribution in [1.29, 1.82) is 0 Å². The summed E-state index contributed by atoms with van der Waals surface area (Å²) in [4.78, 5) is 12.2. The van der Waals surface area contributed by atoms with E-state index in [9.17, 15) is 27.5 Å². The van der Waals surface area contributed by atoms with E-state index >= 15 is 0 Å². The van der Waals surface area contributed by atoms with Gasteiger partial charge in [-0.1, -0.05) is 23.2 Å². The highest BCUT2D eigenvalue weighted by Crippen LogP contribution is 2.35. The molecule has 0 saturated carbocycles. The molecule has 0 unspecified atom stereocenters. The Morgan fingerprint density at radius 1 is 1.17 bits per heavy atom. The number of anilines is 1. The van der Waals surface area contributed by atoms with Crippen LogP contribution in [0.25, 0.3) is 0 Å². The maximum absolute atomic E-state index is 13.2. The van der Waals surface area contributed by atoms with Crippen molar-refractivity contribution < 1.29 is 31.9 Å². The molecule has 0 spiro atoms. The van der Waals surface area contributed by atoms with Crippen LogP contribution in [0.3, 0.4) is 0 Å². The Morgan fingerprint density at radius 2 is 1.90 bits per heavy atom. The third kappa shape index (κ3) is 4.48. The molecule has 0 aliphatic carbocycles. The first-order chi connectivity index (χ1) is 13.7. The molecular weight excluding hydrogens is 441 g/mol. The number of hydrogen-bond acceptors (Lipinski definition) is 4. The third-order valence-corrected chi connectivity index (χ3v) is 4.39. The predicted molar refractivity (Wildman–Crippen MR) is 96.0 cm³/mol. The van der Waals surface area contributed by atoms with Crippen LogP contribution in [-0.4, -0.2) is 20.8 Å². The number of amides is 1. The minimum atomic E-state index is -3.15. The maximum Gasteiger partial charge on any atom is 0.291 e. The molecular formula is C17H11Cl2F4N3O3. The van der Waals surface area contributed by atoms with Gasteiger partial charge < -0.3 is 14.8 Å². The number of rotatable bonds is 6. The number of phenolic OH excluding ortho intramolecular Hbond substituents is 1. The summed E-state index contributed by atoms with van der Waals surface area (Å²) in [6, 6.07) is 6.54. The van der Waals surface area contributed by atoms with Crippen LogP contribution in [0.15, 0.2) is 34.7 Å². The predicted octanol–water partition coefficient (Wildman–Crippen LogP) is 5.66. The molecule has 2 heterocycles. The molecule has 154 valence electrons. The van der Waals surface area contributed by atoms with E-state index in [-0.39, 0.29) is 28.0 Å². The normalized spacial score (nSPS) is 11.4. The number of hydrogen-bond donors (Lipinski definition) is 2. The molecule has 2 N–H and O–H groups in total. The van der Waals surface area contributed by atoms with Gasteiger partial charge in [-0.15, -0.1) is 0 Å². The fourth-order valence-electron chi connectivity index (χ4n) is 2.47. The van der Waals surface area contributed by atoms with Crippen molar-refractivity contribution in [2.24, 2.45) is 0 Å². The number of benzene rings is 1. The summed E-state index contributed by atoms with van der Waals surface area (Å²) in [7, 11) is 0. The number of phenols is 1. The standard InChI is InChI=1S/C17H11Cl2F4N3O3/c18-7-1-3-10(27)9(5-7)24-17(28)11-4-2-8(29-11)6-26-14(16(22)23)12(19)13(25-26)15(20)21/h1-5,15-16,27H,6H2,(H,24,28). The van der Waals surface area contributed by atoms with Crippen molar-refractivity contribution in [3.8, 4) is 5.75 Å². The number of nitrogens with one attached hydrogen (secondary N) is 1. The average Bonchev–Trinajstić information content (AvgIpc) is 3.23. The fourth-order valence-corrected chi connectivity index (χ4v) is 2.94. The summed E-state index contributed by atoms with van der Waals surface area (Å²) in [6.45, 7) is -0.457. The molecule has 1 aromatic carbocycles. The van der Waals surface area contributed by atoms with Gasteiger partial charge >= 0.3 is 0 Å². The number of carbonyl (C=O) groups excluding carboxylic acids is 1. The van der Waals surface area contributed by atoms with Crippen LogP contribution in [0, 0.1) is 0 Å². The summed E-state index contributed by atoms with van der Waals surface area (Å²) in [5.41, 5.74) is -1.82. The molecule has 0 fully saturated rings. The van der Waals surface area contributed by atoms with Crippen molar-refractivity contribution in [3.05, 3.63) is 63.3 Å². The van der Waals surface area contributed by atoms with Crippen molar-refractivity contribution in [2.45, 2.75) is 19.4 Å². The van der Waals surface area contributed by atoms with Crippen LogP contribution in [0.5, 0.6) is 5.75 Å². The maximum atomic E-state index is 13.2. The lowest BCUT2D eigenvalue weighted by Gasteiger charge is -2.06. The van der Waals surface area contributed by atoms with Crippen molar-refractivity contribution in [3.63, 3.8) is 0 Å². The Kier molecular flexibility index (Phi) is 6.04. The third-order valence-electron chi connectivity index (χ3n) is 3.77. The summed E-state index contributed by atoms with van der Waals surface area (Å²) in [5.74, 6) is -1.21.